The number of carbonyl (C=O) groups is 1. The van der Waals surface area contributed by atoms with E-state index in [1.54, 1.807) is 0 Å². The molecule has 2 aliphatic rings. The largest absolute Gasteiger partial charge is 0.331 e. The van der Waals surface area contributed by atoms with E-state index in [0.717, 1.165) is 49.9 Å². The van der Waals surface area contributed by atoms with Crippen LogP contribution in [0.3, 0.4) is 0 Å². The van der Waals surface area contributed by atoms with Gasteiger partial charge in [0.25, 0.3) is 5.91 Å². The number of hydrogen-bond donors (Lipinski definition) is 1. The van der Waals surface area contributed by atoms with Crippen LogP contribution in [0.1, 0.15) is 40.7 Å². The fourth-order valence-electron chi connectivity index (χ4n) is 4.15. The minimum absolute atomic E-state index is 0.220. The quantitative estimate of drug-likeness (QED) is 0.941. The summed E-state index contributed by atoms with van der Waals surface area (Å²) in [7, 11) is 0. The number of amides is 1. The van der Waals surface area contributed by atoms with Crippen LogP contribution < -0.4 is 5.32 Å². The van der Waals surface area contributed by atoms with Crippen LogP contribution in [0.25, 0.3) is 0 Å². The minimum Gasteiger partial charge on any atom is -0.331 e. The van der Waals surface area contributed by atoms with Crippen LogP contribution in [0.15, 0.2) is 54.6 Å². The van der Waals surface area contributed by atoms with Crippen LogP contribution in [0.4, 0.5) is 0 Å². The molecule has 2 bridgehead atoms. The molecule has 24 heavy (non-hydrogen) atoms. The van der Waals surface area contributed by atoms with Crippen molar-refractivity contribution in [3.63, 3.8) is 0 Å². The van der Waals surface area contributed by atoms with E-state index in [9.17, 15) is 4.79 Å². The molecule has 2 heterocycles. The molecule has 2 aliphatic heterocycles. The summed E-state index contributed by atoms with van der Waals surface area (Å²) in [4.78, 5) is 15.5. The van der Waals surface area contributed by atoms with Gasteiger partial charge in [-0.2, -0.15) is 0 Å². The highest BCUT2D eigenvalue weighted by molar-refractivity contribution is 5.96. The molecular formula is C21H24N2O. The molecule has 1 N–H and O–H groups in total. The van der Waals surface area contributed by atoms with Gasteiger partial charge in [-0.25, -0.2) is 0 Å². The van der Waals surface area contributed by atoms with Gasteiger partial charge in [-0.1, -0.05) is 48.5 Å². The van der Waals surface area contributed by atoms with E-state index in [0.29, 0.717) is 12.1 Å². The first-order valence-corrected chi connectivity index (χ1v) is 8.98. The summed E-state index contributed by atoms with van der Waals surface area (Å²) in [5, 5.41) is 3.48. The highest BCUT2D eigenvalue weighted by Crippen LogP contribution is 2.30. The zero-order valence-electron chi connectivity index (χ0n) is 13.9. The van der Waals surface area contributed by atoms with Gasteiger partial charge in [0.05, 0.1) is 0 Å². The third-order valence-corrected chi connectivity index (χ3v) is 5.37. The van der Waals surface area contributed by atoms with Crippen LogP contribution in [-0.2, 0) is 6.42 Å². The standard InChI is InChI=1S/C21H24N2O/c24-21(23-18-10-11-19(23)15-22-13-12-18)20-9-5-4-8-17(20)14-16-6-2-1-3-7-16/h1-9,18-19,22H,10-15H2. The van der Waals surface area contributed by atoms with Gasteiger partial charge in [-0.05, 0) is 49.4 Å². The number of benzene rings is 2. The Labute approximate surface area is 143 Å². The maximum absolute atomic E-state index is 13.3. The zero-order chi connectivity index (χ0) is 16.4. The second-order valence-electron chi connectivity index (χ2n) is 6.91. The van der Waals surface area contributed by atoms with Crippen molar-refractivity contribution in [3.8, 4) is 0 Å². The smallest absolute Gasteiger partial charge is 0.254 e. The van der Waals surface area contributed by atoms with Crippen molar-refractivity contribution in [2.45, 2.75) is 37.8 Å². The van der Waals surface area contributed by atoms with Gasteiger partial charge >= 0.3 is 0 Å². The van der Waals surface area contributed by atoms with Crippen molar-refractivity contribution in [2.75, 3.05) is 13.1 Å². The molecule has 0 spiro atoms. The topological polar surface area (TPSA) is 32.3 Å². The first-order valence-electron chi connectivity index (χ1n) is 8.98. The van der Waals surface area contributed by atoms with Gasteiger partial charge in [0.2, 0.25) is 0 Å². The number of carbonyl (C=O) groups excluding carboxylic acids is 1. The molecule has 0 radical (unpaired) electrons. The van der Waals surface area contributed by atoms with Crippen LogP contribution in [-0.4, -0.2) is 36.0 Å². The van der Waals surface area contributed by atoms with Crippen molar-refractivity contribution in [3.05, 3.63) is 71.3 Å². The molecule has 2 fully saturated rings. The Bertz CT molecular complexity index is 699. The third kappa shape index (κ3) is 2.96. The predicted octanol–water partition coefficient (Wildman–Crippen LogP) is 3.24. The normalized spacial score (nSPS) is 23.1. The lowest BCUT2D eigenvalue weighted by atomic mass is 9.98. The Morgan fingerprint density at radius 2 is 1.71 bits per heavy atom. The molecule has 3 nitrogen and oxygen atoms in total. The van der Waals surface area contributed by atoms with Gasteiger partial charge in [-0.3, -0.25) is 4.79 Å². The molecule has 2 aromatic rings. The molecule has 2 unspecified atom stereocenters. The summed E-state index contributed by atoms with van der Waals surface area (Å²) in [6.07, 6.45) is 4.16. The summed E-state index contributed by atoms with van der Waals surface area (Å²) in [5.41, 5.74) is 3.25. The van der Waals surface area contributed by atoms with Crippen molar-refractivity contribution in [1.82, 2.24) is 10.2 Å². The monoisotopic (exact) mass is 320 g/mol. The van der Waals surface area contributed by atoms with Gasteiger partial charge in [0, 0.05) is 24.2 Å². The molecule has 3 heteroatoms. The van der Waals surface area contributed by atoms with Gasteiger partial charge in [-0.15, -0.1) is 0 Å². The molecule has 2 atom stereocenters. The fourth-order valence-corrected chi connectivity index (χ4v) is 4.15. The first-order chi connectivity index (χ1) is 11.8. The number of nitrogens with one attached hydrogen (secondary N) is 1. The summed E-state index contributed by atoms with van der Waals surface area (Å²) in [6, 6.07) is 19.3. The maximum atomic E-state index is 13.3. The van der Waals surface area contributed by atoms with Gasteiger partial charge in [0.1, 0.15) is 0 Å². The fraction of sp³-hybridized carbons (Fsp3) is 0.381. The van der Waals surface area contributed by atoms with Gasteiger partial charge < -0.3 is 10.2 Å². The van der Waals surface area contributed by atoms with Crippen LogP contribution in [0, 0.1) is 0 Å². The van der Waals surface area contributed by atoms with E-state index in [4.69, 9.17) is 0 Å². The second-order valence-corrected chi connectivity index (χ2v) is 6.91. The number of fused-ring (bicyclic) bond motifs is 2. The summed E-state index contributed by atoms with van der Waals surface area (Å²) in [5.74, 6) is 0.220. The van der Waals surface area contributed by atoms with Crippen molar-refractivity contribution >= 4 is 5.91 Å². The van der Waals surface area contributed by atoms with Crippen molar-refractivity contribution in [2.24, 2.45) is 0 Å². The van der Waals surface area contributed by atoms with E-state index in [1.807, 2.05) is 24.3 Å². The molecule has 2 saturated heterocycles. The molecule has 0 aliphatic carbocycles. The van der Waals surface area contributed by atoms with Crippen molar-refractivity contribution < 1.29 is 4.79 Å². The summed E-state index contributed by atoms with van der Waals surface area (Å²) < 4.78 is 0. The van der Waals surface area contributed by atoms with E-state index in [1.165, 1.54) is 5.56 Å². The molecule has 0 saturated carbocycles. The van der Waals surface area contributed by atoms with E-state index in [-0.39, 0.29) is 5.91 Å². The third-order valence-electron chi connectivity index (χ3n) is 5.37. The Morgan fingerprint density at radius 3 is 2.58 bits per heavy atom. The number of nitrogens with zero attached hydrogens (tertiary/aromatic N) is 1. The van der Waals surface area contributed by atoms with E-state index < -0.39 is 0 Å². The van der Waals surface area contributed by atoms with Crippen molar-refractivity contribution in [1.29, 1.82) is 0 Å². The lowest BCUT2D eigenvalue weighted by Gasteiger charge is -2.28. The number of rotatable bonds is 3. The van der Waals surface area contributed by atoms with Gasteiger partial charge in [0.15, 0.2) is 0 Å². The molecule has 2 aromatic carbocycles. The lowest BCUT2D eigenvalue weighted by molar-refractivity contribution is 0.0679. The highest BCUT2D eigenvalue weighted by Gasteiger charge is 2.38. The predicted molar refractivity (Wildman–Crippen MR) is 96.2 cm³/mol. The molecule has 1 amide bonds. The van der Waals surface area contributed by atoms with Crippen LogP contribution >= 0.6 is 0 Å². The average molecular weight is 320 g/mol. The van der Waals surface area contributed by atoms with Crippen LogP contribution in [0.2, 0.25) is 0 Å². The van der Waals surface area contributed by atoms with E-state index in [2.05, 4.69) is 40.5 Å². The first kappa shape index (κ1) is 15.4. The molecule has 0 aromatic heterocycles. The van der Waals surface area contributed by atoms with E-state index >= 15 is 0 Å². The number of hydrogen-bond acceptors (Lipinski definition) is 2. The average Bonchev–Trinajstić information content (AvgIpc) is 2.88. The Morgan fingerprint density at radius 1 is 0.958 bits per heavy atom. The SMILES string of the molecule is O=C(c1ccccc1Cc1ccccc1)N1C2CCNCC1CC2. The molecule has 124 valence electrons. The second kappa shape index (κ2) is 6.78. The molecular weight excluding hydrogens is 296 g/mol. The zero-order valence-corrected chi connectivity index (χ0v) is 13.9. The summed E-state index contributed by atoms with van der Waals surface area (Å²) >= 11 is 0. The summed E-state index contributed by atoms with van der Waals surface area (Å²) in [6.45, 7) is 1.96. The Hall–Kier alpha value is -2.13. The lowest BCUT2D eigenvalue weighted by Crippen LogP contribution is -2.42. The Kier molecular flexibility index (Phi) is 4.35. The maximum Gasteiger partial charge on any atom is 0.254 e. The highest BCUT2D eigenvalue weighted by atomic mass is 16.2. The minimum atomic E-state index is 0.220. The van der Waals surface area contributed by atoms with Crippen LogP contribution in [0.5, 0.6) is 0 Å². The Balaban J connectivity index is 1.63. The molecule has 4 rings (SSSR count).